The summed E-state index contributed by atoms with van der Waals surface area (Å²) >= 11 is 0. The Labute approximate surface area is 145 Å². The van der Waals surface area contributed by atoms with E-state index in [4.69, 9.17) is 4.74 Å². The van der Waals surface area contributed by atoms with E-state index < -0.39 is 12.1 Å². The molecule has 3 amide bonds. The van der Waals surface area contributed by atoms with Gasteiger partial charge in [-0.2, -0.15) is 5.10 Å². The van der Waals surface area contributed by atoms with Crippen molar-refractivity contribution in [3.63, 3.8) is 0 Å². The maximum Gasteiger partial charge on any atom is 0.319 e. The molecule has 2 heterocycles. The maximum absolute atomic E-state index is 12.1. The van der Waals surface area contributed by atoms with Gasteiger partial charge in [-0.05, 0) is 31.0 Å². The summed E-state index contributed by atoms with van der Waals surface area (Å²) in [5.74, 6) is 0.512. The Hall–Kier alpha value is -3.03. The summed E-state index contributed by atoms with van der Waals surface area (Å²) in [6, 6.07) is 8.09. The third kappa shape index (κ3) is 4.97. The third-order valence-corrected chi connectivity index (χ3v) is 3.83. The largest absolute Gasteiger partial charge is 0.492 e. The van der Waals surface area contributed by atoms with Crippen LogP contribution in [0.5, 0.6) is 5.75 Å². The Morgan fingerprint density at radius 3 is 3.12 bits per heavy atom. The van der Waals surface area contributed by atoms with E-state index in [-0.39, 0.29) is 5.91 Å². The lowest BCUT2D eigenvalue weighted by Crippen LogP contribution is -2.51. The average molecular weight is 343 g/mol. The van der Waals surface area contributed by atoms with Gasteiger partial charge in [-0.3, -0.25) is 9.48 Å². The lowest BCUT2D eigenvalue weighted by Gasteiger charge is -2.22. The zero-order valence-corrected chi connectivity index (χ0v) is 13.8. The normalized spacial score (nSPS) is 16.8. The lowest BCUT2D eigenvalue weighted by molar-refractivity contribution is -0.124. The first-order chi connectivity index (χ1) is 12.2. The number of urea groups is 1. The van der Waals surface area contributed by atoms with Crippen LogP contribution < -0.4 is 20.7 Å². The number of nitrogens with zero attached hydrogens (tertiary/aromatic N) is 2. The molecule has 3 rings (SSSR count). The molecule has 1 aliphatic heterocycles. The second kappa shape index (κ2) is 8.18. The van der Waals surface area contributed by atoms with E-state index in [1.165, 1.54) is 0 Å². The molecule has 132 valence electrons. The summed E-state index contributed by atoms with van der Waals surface area (Å²) in [4.78, 5) is 23.7. The van der Waals surface area contributed by atoms with Gasteiger partial charge in [-0.1, -0.05) is 6.07 Å². The van der Waals surface area contributed by atoms with E-state index in [1.807, 2.05) is 18.3 Å². The molecule has 1 atom stereocenters. The number of benzene rings is 1. The van der Waals surface area contributed by atoms with E-state index in [0.717, 1.165) is 6.42 Å². The van der Waals surface area contributed by atoms with Crippen LogP contribution in [0.3, 0.4) is 0 Å². The zero-order valence-electron chi connectivity index (χ0n) is 13.8. The maximum atomic E-state index is 12.1. The second-order valence-electron chi connectivity index (χ2n) is 5.73. The van der Waals surface area contributed by atoms with Crippen molar-refractivity contribution in [3.05, 3.63) is 42.7 Å². The Morgan fingerprint density at radius 1 is 1.40 bits per heavy atom. The highest BCUT2D eigenvalue weighted by molar-refractivity contribution is 5.94. The molecule has 0 unspecified atom stereocenters. The molecule has 0 spiro atoms. The van der Waals surface area contributed by atoms with Crippen molar-refractivity contribution in [3.8, 4) is 5.75 Å². The fraction of sp³-hybridized carbons (Fsp3) is 0.353. The van der Waals surface area contributed by atoms with E-state index in [1.54, 1.807) is 29.1 Å². The van der Waals surface area contributed by atoms with Gasteiger partial charge in [0.05, 0.1) is 6.54 Å². The van der Waals surface area contributed by atoms with Crippen LogP contribution >= 0.6 is 0 Å². The first-order valence-corrected chi connectivity index (χ1v) is 8.26. The molecule has 0 bridgehead atoms. The van der Waals surface area contributed by atoms with E-state index in [0.29, 0.717) is 37.6 Å². The SMILES string of the molecule is O=C(Nc1cccc(OCCn2cccn2)c1)N[C@@H]1CCCNC1=O. The third-order valence-electron chi connectivity index (χ3n) is 3.83. The molecule has 8 nitrogen and oxygen atoms in total. The Morgan fingerprint density at radius 2 is 2.32 bits per heavy atom. The van der Waals surface area contributed by atoms with E-state index in [9.17, 15) is 9.59 Å². The molecule has 8 heteroatoms. The van der Waals surface area contributed by atoms with Crippen molar-refractivity contribution in [2.75, 3.05) is 18.5 Å². The van der Waals surface area contributed by atoms with Gasteiger partial charge in [0.1, 0.15) is 18.4 Å². The number of anilines is 1. The zero-order chi connectivity index (χ0) is 17.5. The van der Waals surface area contributed by atoms with Crippen LogP contribution in [0.25, 0.3) is 0 Å². The number of nitrogens with one attached hydrogen (secondary N) is 3. The molecule has 3 N–H and O–H groups in total. The first kappa shape index (κ1) is 16.8. The molecular weight excluding hydrogens is 322 g/mol. The van der Waals surface area contributed by atoms with Gasteiger partial charge in [0.25, 0.3) is 0 Å². The Kier molecular flexibility index (Phi) is 5.50. The van der Waals surface area contributed by atoms with Crippen LogP contribution in [0, 0.1) is 0 Å². The molecule has 1 aromatic carbocycles. The smallest absolute Gasteiger partial charge is 0.319 e. The number of rotatable bonds is 6. The minimum absolute atomic E-state index is 0.142. The van der Waals surface area contributed by atoms with Crippen LogP contribution in [0.4, 0.5) is 10.5 Å². The predicted octanol–water partition coefficient (Wildman–Crippen LogP) is 1.36. The van der Waals surface area contributed by atoms with Crippen LogP contribution in [0.1, 0.15) is 12.8 Å². The molecule has 1 saturated heterocycles. The Balaban J connectivity index is 1.48. The van der Waals surface area contributed by atoms with Gasteiger partial charge >= 0.3 is 6.03 Å². The Bertz CT molecular complexity index is 717. The van der Waals surface area contributed by atoms with Crippen LogP contribution in [0.2, 0.25) is 0 Å². The molecule has 0 saturated carbocycles. The van der Waals surface area contributed by atoms with Gasteiger partial charge in [-0.25, -0.2) is 4.79 Å². The highest BCUT2D eigenvalue weighted by Gasteiger charge is 2.23. The fourth-order valence-electron chi connectivity index (χ4n) is 2.59. The summed E-state index contributed by atoms with van der Waals surface area (Å²) in [7, 11) is 0. The highest BCUT2D eigenvalue weighted by Crippen LogP contribution is 2.17. The molecule has 2 aromatic rings. The monoisotopic (exact) mass is 343 g/mol. The van der Waals surface area contributed by atoms with Gasteiger partial charge in [0.15, 0.2) is 0 Å². The summed E-state index contributed by atoms with van der Waals surface area (Å²) in [6.07, 6.45) is 5.09. The number of aromatic nitrogens is 2. The quantitative estimate of drug-likeness (QED) is 0.738. The van der Waals surface area contributed by atoms with Crippen molar-refractivity contribution in [2.45, 2.75) is 25.4 Å². The van der Waals surface area contributed by atoms with Crippen molar-refractivity contribution < 1.29 is 14.3 Å². The molecular formula is C17H21N5O3. The van der Waals surface area contributed by atoms with E-state index >= 15 is 0 Å². The minimum Gasteiger partial charge on any atom is -0.492 e. The van der Waals surface area contributed by atoms with E-state index in [2.05, 4.69) is 21.0 Å². The van der Waals surface area contributed by atoms with Gasteiger partial charge < -0.3 is 20.7 Å². The first-order valence-electron chi connectivity index (χ1n) is 8.26. The number of piperidine rings is 1. The number of amides is 3. The number of carbonyl (C=O) groups excluding carboxylic acids is 2. The number of ether oxygens (including phenoxy) is 1. The van der Waals surface area contributed by atoms with Crippen molar-refractivity contribution >= 4 is 17.6 Å². The van der Waals surface area contributed by atoms with Crippen molar-refractivity contribution in [1.29, 1.82) is 0 Å². The standard InChI is InChI=1S/C17H21N5O3/c23-16-15(6-2-7-18-16)21-17(24)20-13-4-1-5-14(12-13)25-11-10-22-9-3-8-19-22/h1,3-5,8-9,12,15H,2,6-7,10-11H2,(H,18,23)(H2,20,21,24)/t15-/m1/s1. The van der Waals surface area contributed by atoms with Gasteiger partial charge in [0.2, 0.25) is 5.91 Å². The predicted molar refractivity (Wildman–Crippen MR) is 92.4 cm³/mol. The second-order valence-corrected chi connectivity index (χ2v) is 5.73. The number of hydrogen-bond donors (Lipinski definition) is 3. The molecule has 1 aromatic heterocycles. The summed E-state index contributed by atoms with van der Waals surface area (Å²) in [5.41, 5.74) is 0.602. The molecule has 0 aliphatic carbocycles. The number of hydrogen-bond acceptors (Lipinski definition) is 4. The molecule has 25 heavy (non-hydrogen) atoms. The molecule has 1 fully saturated rings. The molecule has 0 radical (unpaired) electrons. The highest BCUT2D eigenvalue weighted by atomic mass is 16.5. The van der Waals surface area contributed by atoms with Crippen molar-refractivity contribution in [2.24, 2.45) is 0 Å². The van der Waals surface area contributed by atoms with Crippen molar-refractivity contribution in [1.82, 2.24) is 20.4 Å². The topological polar surface area (TPSA) is 97.3 Å². The van der Waals surface area contributed by atoms with Gasteiger partial charge in [-0.15, -0.1) is 0 Å². The molecule has 1 aliphatic rings. The summed E-state index contributed by atoms with van der Waals surface area (Å²) in [5, 5.41) is 12.3. The van der Waals surface area contributed by atoms with Crippen LogP contribution in [-0.2, 0) is 11.3 Å². The summed E-state index contributed by atoms with van der Waals surface area (Å²) < 4.78 is 7.45. The van der Waals surface area contributed by atoms with Crippen LogP contribution in [-0.4, -0.2) is 40.9 Å². The van der Waals surface area contributed by atoms with Gasteiger partial charge in [0, 0.05) is 30.7 Å². The number of carbonyl (C=O) groups is 2. The summed E-state index contributed by atoms with van der Waals surface area (Å²) in [6.45, 7) is 1.78. The van der Waals surface area contributed by atoms with Crippen LogP contribution in [0.15, 0.2) is 42.7 Å². The minimum atomic E-state index is -0.484. The fourth-order valence-corrected chi connectivity index (χ4v) is 2.59. The lowest BCUT2D eigenvalue weighted by atomic mass is 10.1. The average Bonchev–Trinajstić information content (AvgIpc) is 3.11.